The van der Waals surface area contributed by atoms with Gasteiger partial charge in [-0.3, -0.25) is 0 Å². The van der Waals surface area contributed by atoms with Crippen LogP contribution in [0.2, 0.25) is 0 Å². The normalized spacial score (nSPS) is 25.3. The minimum Gasteiger partial charge on any atom is -0.315 e. The van der Waals surface area contributed by atoms with Gasteiger partial charge in [-0.1, -0.05) is 38.1 Å². The first-order chi connectivity index (χ1) is 7.22. The summed E-state index contributed by atoms with van der Waals surface area (Å²) in [5.41, 5.74) is 2.90. The third-order valence-corrected chi connectivity index (χ3v) is 4.63. The SMILES string of the molecule is CNC1CSC1c1ccc(C(C)C)cc1. The van der Waals surface area contributed by atoms with Crippen molar-refractivity contribution in [2.45, 2.75) is 31.1 Å². The zero-order valence-electron chi connectivity index (χ0n) is 9.66. The van der Waals surface area contributed by atoms with E-state index in [0.717, 1.165) is 0 Å². The maximum Gasteiger partial charge on any atom is 0.0459 e. The quantitative estimate of drug-likeness (QED) is 0.841. The van der Waals surface area contributed by atoms with Crippen LogP contribution in [0.25, 0.3) is 0 Å². The molecule has 82 valence electrons. The fourth-order valence-electron chi connectivity index (χ4n) is 1.92. The van der Waals surface area contributed by atoms with Crippen molar-refractivity contribution in [3.8, 4) is 0 Å². The van der Waals surface area contributed by atoms with E-state index in [1.165, 1.54) is 16.9 Å². The first-order valence-electron chi connectivity index (χ1n) is 5.61. The van der Waals surface area contributed by atoms with Crippen molar-refractivity contribution in [1.82, 2.24) is 5.32 Å². The van der Waals surface area contributed by atoms with Gasteiger partial charge >= 0.3 is 0 Å². The third-order valence-electron chi connectivity index (χ3n) is 3.12. The number of hydrogen-bond donors (Lipinski definition) is 1. The summed E-state index contributed by atoms with van der Waals surface area (Å²) in [7, 11) is 2.06. The van der Waals surface area contributed by atoms with Crippen molar-refractivity contribution in [2.24, 2.45) is 0 Å². The molecule has 0 amide bonds. The molecular weight excluding hydrogens is 202 g/mol. The zero-order valence-corrected chi connectivity index (χ0v) is 10.5. The Kier molecular flexibility index (Phi) is 3.37. The number of rotatable bonds is 3. The van der Waals surface area contributed by atoms with Crippen molar-refractivity contribution >= 4 is 11.8 Å². The first kappa shape index (κ1) is 11.0. The predicted molar refractivity (Wildman–Crippen MR) is 68.6 cm³/mol. The fourth-order valence-corrected chi connectivity index (χ4v) is 3.15. The fraction of sp³-hybridized carbons (Fsp3) is 0.538. The van der Waals surface area contributed by atoms with Crippen LogP contribution in [0.5, 0.6) is 0 Å². The summed E-state index contributed by atoms with van der Waals surface area (Å²) < 4.78 is 0. The topological polar surface area (TPSA) is 12.0 Å². The predicted octanol–water partition coefficient (Wildman–Crippen LogP) is 3.19. The van der Waals surface area contributed by atoms with Gasteiger partial charge in [0.05, 0.1) is 0 Å². The number of benzene rings is 1. The minimum atomic E-state index is 0.633. The van der Waals surface area contributed by atoms with Gasteiger partial charge < -0.3 is 5.32 Å². The molecule has 1 saturated heterocycles. The Morgan fingerprint density at radius 3 is 2.33 bits per heavy atom. The Balaban J connectivity index is 2.10. The molecule has 2 heteroatoms. The molecule has 1 fully saturated rings. The van der Waals surface area contributed by atoms with E-state index in [2.05, 4.69) is 50.5 Å². The van der Waals surface area contributed by atoms with Gasteiger partial charge in [0.25, 0.3) is 0 Å². The first-order valence-corrected chi connectivity index (χ1v) is 6.66. The van der Waals surface area contributed by atoms with Crippen LogP contribution < -0.4 is 5.32 Å². The van der Waals surface area contributed by atoms with E-state index < -0.39 is 0 Å². The minimum absolute atomic E-state index is 0.633. The standard InChI is InChI=1S/C13H19NS/c1-9(2)10-4-6-11(7-5-10)13-12(14-3)8-15-13/h4-7,9,12-14H,8H2,1-3H3. The molecule has 0 radical (unpaired) electrons. The van der Waals surface area contributed by atoms with E-state index in [9.17, 15) is 0 Å². The highest BCUT2D eigenvalue weighted by molar-refractivity contribution is 8.01. The molecule has 0 aliphatic carbocycles. The lowest BCUT2D eigenvalue weighted by Gasteiger charge is -2.36. The maximum absolute atomic E-state index is 3.37. The largest absolute Gasteiger partial charge is 0.315 e. The Bertz CT molecular complexity index is 316. The van der Waals surface area contributed by atoms with Gasteiger partial charge in [0.15, 0.2) is 0 Å². The Hall–Kier alpha value is -0.470. The zero-order chi connectivity index (χ0) is 10.8. The van der Waals surface area contributed by atoms with E-state index in [1.54, 1.807) is 0 Å². The third kappa shape index (κ3) is 2.21. The van der Waals surface area contributed by atoms with Crippen molar-refractivity contribution in [2.75, 3.05) is 12.8 Å². The average Bonchev–Trinajstić information content (AvgIpc) is 2.17. The summed E-state index contributed by atoms with van der Waals surface area (Å²) in [6.07, 6.45) is 0. The maximum atomic E-state index is 3.37. The van der Waals surface area contributed by atoms with Crippen molar-refractivity contribution in [1.29, 1.82) is 0 Å². The Morgan fingerprint density at radius 1 is 1.27 bits per heavy atom. The smallest absolute Gasteiger partial charge is 0.0459 e. The molecular formula is C13H19NS. The van der Waals surface area contributed by atoms with Crippen molar-refractivity contribution in [3.63, 3.8) is 0 Å². The van der Waals surface area contributed by atoms with Gasteiger partial charge in [-0.05, 0) is 24.1 Å². The molecule has 1 N–H and O–H groups in total. The van der Waals surface area contributed by atoms with Gasteiger partial charge in [0.2, 0.25) is 0 Å². The average molecular weight is 221 g/mol. The summed E-state index contributed by atoms with van der Waals surface area (Å²) in [6.45, 7) is 4.48. The summed E-state index contributed by atoms with van der Waals surface area (Å²) in [5.74, 6) is 1.88. The van der Waals surface area contributed by atoms with Gasteiger partial charge in [-0.25, -0.2) is 0 Å². The van der Waals surface area contributed by atoms with Crippen LogP contribution in [-0.4, -0.2) is 18.8 Å². The molecule has 2 unspecified atom stereocenters. The lowest BCUT2D eigenvalue weighted by Crippen LogP contribution is -2.40. The number of nitrogens with one attached hydrogen (secondary N) is 1. The molecule has 2 rings (SSSR count). The van der Waals surface area contributed by atoms with Crippen LogP contribution in [0, 0.1) is 0 Å². The molecule has 1 aliphatic heterocycles. The molecule has 0 spiro atoms. The summed E-state index contributed by atoms with van der Waals surface area (Å²) in [4.78, 5) is 0. The molecule has 0 saturated carbocycles. The molecule has 1 aliphatic rings. The summed E-state index contributed by atoms with van der Waals surface area (Å²) in [6, 6.07) is 9.78. The van der Waals surface area contributed by atoms with Crippen LogP contribution in [0.15, 0.2) is 24.3 Å². The van der Waals surface area contributed by atoms with E-state index >= 15 is 0 Å². The highest BCUT2D eigenvalue weighted by atomic mass is 32.2. The second-order valence-corrected chi connectivity index (χ2v) is 5.65. The van der Waals surface area contributed by atoms with Gasteiger partial charge in [0.1, 0.15) is 0 Å². The van der Waals surface area contributed by atoms with Gasteiger partial charge in [-0.2, -0.15) is 11.8 Å². The number of hydrogen-bond acceptors (Lipinski definition) is 2. The Morgan fingerprint density at radius 2 is 1.93 bits per heavy atom. The summed E-state index contributed by atoms with van der Waals surface area (Å²) >= 11 is 2.04. The lowest BCUT2D eigenvalue weighted by atomic mass is 9.99. The van der Waals surface area contributed by atoms with Crippen LogP contribution in [0.4, 0.5) is 0 Å². The molecule has 2 atom stereocenters. The van der Waals surface area contributed by atoms with Crippen LogP contribution in [0.1, 0.15) is 36.1 Å². The van der Waals surface area contributed by atoms with E-state index in [4.69, 9.17) is 0 Å². The van der Waals surface area contributed by atoms with Crippen LogP contribution in [0.3, 0.4) is 0 Å². The molecule has 0 bridgehead atoms. The van der Waals surface area contributed by atoms with E-state index in [0.29, 0.717) is 17.2 Å². The number of likely N-dealkylation sites (N-methyl/N-ethyl adjacent to an activating group) is 1. The molecule has 1 aromatic rings. The van der Waals surface area contributed by atoms with E-state index in [1.807, 2.05) is 11.8 Å². The molecule has 0 aromatic heterocycles. The van der Waals surface area contributed by atoms with Crippen molar-refractivity contribution in [3.05, 3.63) is 35.4 Å². The van der Waals surface area contributed by atoms with Crippen LogP contribution in [-0.2, 0) is 0 Å². The molecule has 1 nitrogen and oxygen atoms in total. The van der Waals surface area contributed by atoms with Crippen LogP contribution >= 0.6 is 11.8 Å². The summed E-state index contributed by atoms with van der Waals surface area (Å²) in [5, 5.41) is 4.03. The Labute approximate surface area is 96.7 Å². The second kappa shape index (κ2) is 4.58. The molecule has 15 heavy (non-hydrogen) atoms. The lowest BCUT2D eigenvalue weighted by molar-refractivity contribution is 0.573. The molecule has 1 aromatic carbocycles. The van der Waals surface area contributed by atoms with Gasteiger partial charge in [0, 0.05) is 17.0 Å². The van der Waals surface area contributed by atoms with Crippen molar-refractivity contribution < 1.29 is 0 Å². The second-order valence-electron chi connectivity index (χ2n) is 4.47. The molecule has 1 heterocycles. The van der Waals surface area contributed by atoms with Gasteiger partial charge in [-0.15, -0.1) is 0 Å². The highest BCUT2D eigenvalue weighted by Crippen LogP contribution is 2.42. The highest BCUT2D eigenvalue weighted by Gasteiger charge is 2.31. The monoisotopic (exact) mass is 221 g/mol. The number of thioether (sulfide) groups is 1. The van der Waals surface area contributed by atoms with E-state index in [-0.39, 0.29) is 0 Å².